The van der Waals surface area contributed by atoms with Crippen molar-refractivity contribution in [3.05, 3.63) is 68.4 Å². The van der Waals surface area contributed by atoms with Crippen LogP contribution in [-0.2, 0) is 0 Å². The van der Waals surface area contributed by atoms with E-state index in [9.17, 15) is 14.7 Å². The first-order valence-corrected chi connectivity index (χ1v) is 14.1. The van der Waals surface area contributed by atoms with E-state index in [1.807, 2.05) is 51.1 Å². The number of imidazole rings is 1. The zero-order valence-corrected chi connectivity index (χ0v) is 23.0. The Bertz CT molecular complexity index is 1500. The first kappa shape index (κ1) is 25.7. The van der Waals surface area contributed by atoms with Crippen LogP contribution in [-0.4, -0.2) is 26.2 Å². The second kappa shape index (κ2) is 10.4. The van der Waals surface area contributed by atoms with Gasteiger partial charge in [-0.25, -0.2) is 4.98 Å². The molecule has 7 heteroatoms. The van der Waals surface area contributed by atoms with E-state index in [4.69, 9.17) is 16.6 Å². The summed E-state index contributed by atoms with van der Waals surface area (Å²) in [5.74, 6) is 1.35. The van der Waals surface area contributed by atoms with Crippen molar-refractivity contribution in [2.24, 2.45) is 5.92 Å². The second-order valence-corrected chi connectivity index (χ2v) is 11.9. The van der Waals surface area contributed by atoms with Crippen LogP contribution in [0.25, 0.3) is 22.4 Å². The lowest BCUT2D eigenvalue weighted by Gasteiger charge is -2.31. The molecular formula is C30H31ClN2O3S. The molecule has 2 aromatic heterocycles. The van der Waals surface area contributed by atoms with E-state index in [1.165, 1.54) is 0 Å². The zero-order chi connectivity index (χ0) is 26.3. The van der Waals surface area contributed by atoms with Gasteiger partial charge in [0.15, 0.2) is 11.6 Å². The molecule has 2 heterocycles. The minimum absolute atomic E-state index is 0.0690. The second-order valence-electron chi connectivity index (χ2n) is 10.1. The molecule has 1 fully saturated rings. The van der Waals surface area contributed by atoms with Crippen molar-refractivity contribution in [3.63, 3.8) is 0 Å². The maximum atomic E-state index is 13.0. The molecule has 192 valence electrons. The lowest BCUT2D eigenvalue weighted by Crippen LogP contribution is -2.22. The van der Waals surface area contributed by atoms with Crippen LogP contribution < -0.4 is 0 Å². The fourth-order valence-corrected chi connectivity index (χ4v) is 6.66. The van der Waals surface area contributed by atoms with E-state index in [0.717, 1.165) is 46.5 Å². The van der Waals surface area contributed by atoms with Crippen molar-refractivity contribution >= 4 is 45.5 Å². The third kappa shape index (κ3) is 5.10. The minimum Gasteiger partial charge on any atom is -0.507 e. The highest BCUT2D eigenvalue weighted by atomic mass is 35.5. The summed E-state index contributed by atoms with van der Waals surface area (Å²) in [4.78, 5) is 32.3. The van der Waals surface area contributed by atoms with Gasteiger partial charge in [-0.05, 0) is 87.1 Å². The summed E-state index contributed by atoms with van der Waals surface area (Å²) in [6.07, 6.45) is 4.80. The monoisotopic (exact) mass is 534 g/mol. The summed E-state index contributed by atoms with van der Waals surface area (Å²) >= 11 is 7.97. The Morgan fingerprint density at radius 1 is 1.11 bits per heavy atom. The van der Waals surface area contributed by atoms with Crippen LogP contribution in [0.15, 0.2) is 42.5 Å². The van der Waals surface area contributed by atoms with Crippen molar-refractivity contribution in [1.82, 2.24) is 9.55 Å². The fourth-order valence-electron chi connectivity index (χ4n) is 5.57. The number of carbonyl (C=O) groups excluding carboxylic acids is 2. The molecule has 1 aliphatic rings. The molecule has 0 saturated heterocycles. The number of thiophene rings is 1. The van der Waals surface area contributed by atoms with Gasteiger partial charge < -0.3 is 9.67 Å². The highest BCUT2D eigenvalue weighted by Crippen LogP contribution is 2.42. The molecule has 0 amide bonds. The number of ketones is 2. The number of aromatic nitrogens is 2. The van der Waals surface area contributed by atoms with Gasteiger partial charge in [-0.2, -0.15) is 0 Å². The number of Topliss-reactive ketones (excluding diaryl/α,β-unsaturated/α-hetero) is 2. The first-order chi connectivity index (χ1) is 17.7. The summed E-state index contributed by atoms with van der Waals surface area (Å²) in [7, 11) is 0. The van der Waals surface area contributed by atoms with E-state index < -0.39 is 0 Å². The van der Waals surface area contributed by atoms with Gasteiger partial charge in [0.25, 0.3) is 0 Å². The molecule has 0 bridgehead atoms. The molecule has 0 radical (unpaired) electrons. The van der Waals surface area contributed by atoms with Crippen LogP contribution in [0.5, 0.6) is 5.75 Å². The van der Waals surface area contributed by atoms with Gasteiger partial charge >= 0.3 is 0 Å². The number of aryl methyl sites for hydroxylation is 2. The highest BCUT2D eigenvalue weighted by Gasteiger charge is 2.30. The molecule has 5 rings (SSSR count). The number of phenolic OH excluding ortho intramolecular Hbond substituents is 1. The van der Waals surface area contributed by atoms with Crippen molar-refractivity contribution in [1.29, 1.82) is 0 Å². The standard InChI is InChI=1S/C30H31ClN2O3S/c1-4-26(34)20-9-10-25-24(15-20)32-30(23-16-21(31)12-17(2)29(23)36)33(25)22-7-5-6-19(13-22)14-27(35)28-11-8-18(3)37-28/h8-12,15-16,19,22,36H,4-7,13-14H2,1-3H3/t19-,22+/m1/s1. The third-order valence-corrected chi connectivity index (χ3v) is 8.71. The van der Waals surface area contributed by atoms with Gasteiger partial charge in [0.05, 0.1) is 21.5 Å². The topological polar surface area (TPSA) is 72.2 Å². The van der Waals surface area contributed by atoms with Gasteiger partial charge in [-0.1, -0.05) is 24.9 Å². The minimum atomic E-state index is 0.0690. The Morgan fingerprint density at radius 3 is 2.65 bits per heavy atom. The molecule has 0 unspecified atom stereocenters. The molecule has 2 atom stereocenters. The number of halogens is 1. The molecule has 1 N–H and O–H groups in total. The Hall–Kier alpha value is -2.96. The van der Waals surface area contributed by atoms with E-state index in [1.54, 1.807) is 23.5 Å². The summed E-state index contributed by atoms with van der Waals surface area (Å²) < 4.78 is 2.20. The number of carbonyl (C=O) groups is 2. The van der Waals surface area contributed by atoms with Crippen LogP contribution in [0, 0.1) is 19.8 Å². The average molecular weight is 535 g/mol. The number of aromatic hydroxyl groups is 1. The van der Waals surface area contributed by atoms with Crippen molar-refractivity contribution in [2.45, 2.75) is 65.3 Å². The maximum absolute atomic E-state index is 13.0. The summed E-state index contributed by atoms with van der Waals surface area (Å²) in [5, 5.41) is 11.5. The Kier molecular flexibility index (Phi) is 7.24. The molecule has 1 aliphatic carbocycles. The number of rotatable bonds is 7. The molecule has 5 nitrogen and oxygen atoms in total. The molecule has 0 spiro atoms. The molecule has 2 aromatic carbocycles. The smallest absolute Gasteiger partial charge is 0.173 e. The van der Waals surface area contributed by atoms with Gasteiger partial charge in [-0.3, -0.25) is 9.59 Å². The fraction of sp³-hybridized carbons (Fsp3) is 0.367. The average Bonchev–Trinajstić information content (AvgIpc) is 3.49. The van der Waals surface area contributed by atoms with Crippen LogP contribution in [0.2, 0.25) is 5.02 Å². The molecular weight excluding hydrogens is 504 g/mol. The number of phenols is 1. The number of hydrogen-bond donors (Lipinski definition) is 1. The zero-order valence-electron chi connectivity index (χ0n) is 21.4. The Labute approximate surface area is 226 Å². The van der Waals surface area contributed by atoms with Crippen LogP contribution in [0.1, 0.15) is 82.0 Å². The first-order valence-electron chi connectivity index (χ1n) is 12.9. The van der Waals surface area contributed by atoms with Gasteiger partial charge in [0, 0.05) is 34.3 Å². The van der Waals surface area contributed by atoms with Crippen LogP contribution in [0.3, 0.4) is 0 Å². The normalized spacial score (nSPS) is 17.8. The number of fused-ring (bicyclic) bond motifs is 1. The predicted octanol–water partition coefficient (Wildman–Crippen LogP) is 8.34. The molecule has 37 heavy (non-hydrogen) atoms. The van der Waals surface area contributed by atoms with Gasteiger partial charge in [-0.15, -0.1) is 11.3 Å². The molecule has 1 saturated carbocycles. The Balaban J connectivity index is 1.56. The maximum Gasteiger partial charge on any atom is 0.173 e. The molecule has 0 aliphatic heterocycles. The van der Waals surface area contributed by atoms with E-state index >= 15 is 0 Å². The summed E-state index contributed by atoms with van der Waals surface area (Å²) in [5.41, 5.74) is 3.54. The number of hydrogen-bond acceptors (Lipinski definition) is 5. The van der Waals surface area contributed by atoms with E-state index in [-0.39, 0.29) is 29.3 Å². The van der Waals surface area contributed by atoms with Gasteiger partial charge in [0.1, 0.15) is 11.6 Å². The quantitative estimate of drug-likeness (QED) is 0.242. The van der Waals surface area contributed by atoms with Crippen molar-refractivity contribution in [2.75, 3.05) is 0 Å². The van der Waals surface area contributed by atoms with E-state index in [0.29, 0.717) is 40.4 Å². The lowest BCUT2D eigenvalue weighted by molar-refractivity contribution is 0.0944. The highest BCUT2D eigenvalue weighted by molar-refractivity contribution is 7.14. The Morgan fingerprint density at radius 2 is 1.92 bits per heavy atom. The lowest BCUT2D eigenvalue weighted by atomic mass is 9.82. The van der Waals surface area contributed by atoms with Crippen molar-refractivity contribution in [3.8, 4) is 17.1 Å². The number of nitrogens with zero attached hydrogens (tertiary/aromatic N) is 2. The third-order valence-electron chi connectivity index (χ3n) is 7.45. The SMILES string of the molecule is CCC(=O)c1ccc2c(c1)nc(-c1cc(Cl)cc(C)c1O)n2[C@H]1CCC[C@@H](CC(=O)c2ccc(C)s2)C1. The van der Waals surface area contributed by atoms with Crippen molar-refractivity contribution < 1.29 is 14.7 Å². The van der Waals surface area contributed by atoms with E-state index in [2.05, 4.69) is 4.57 Å². The molecule has 4 aromatic rings. The largest absolute Gasteiger partial charge is 0.507 e. The van der Waals surface area contributed by atoms with Gasteiger partial charge in [0.2, 0.25) is 0 Å². The predicted molar refractivity (Wildman–Crippen MR) is 150 cm³/mol. The number of benzene rings is 2. The summed E-state index contributed by atoms with van der Waals surface area (Å²) in [6.45, 7) is 5.70. The summed E-state index contributed by atoms with van der Waals surface area (Å²) in [6, 6.07) is 13.2. The van der Waals surface area contributed by atoms with Crippen LogP contribution in [0.4, 0.5) is 0 Å². The van der Waals surface area contributed by atoms with Crippen LogP contribution >= 0.6 is 22.9 Å².